The van der Waals surface area contributed by atoms with Crippen molar-refractivity contribution in [1.82, 2.24) is 25.4 Å². The van der Waals surface area contributed by atoms with E-state index >= 15 is 0 Å². The Labute approximate surface area is 118 Å². The highest BCUT2D eigenvalue weighted by molar-refractivity contribution is 6.29. The molecule has 2 rings (SSSR count). The van der Waals surface area contributed by atoms with E-state index in [-0.39, 0.29) is 0 Å². The summed E-state index contributed by atoms with van der Waals surface area (Å²) >= 11 is 5.73. The van der Waals surface area contributed by atoms with E-state index in [4.69, 9.17) is 11.6 Å². The number of aryl methyl sites for hydroxylation is 1. The molecule has 2 aromatic heterocycles. The summed E-state index contributed by atoms with van der Waals surface area (Å²) in [7, 11) is 1.92. The van der Waals surface area contributed by atoms with Gasteiger partial charge in [0.1, 0.15) is 5.15 Å². The van der Waals surface area contributed by atoms with Crippen LogP contribution in [0.4, 0.5) is 0 Å². The lowest BCUT2D eigenvalue weighted by atomic mass is 10.3. The van der Waals surface area contributed by atoms with Crippen LogP contribution in [0.2, 0.25) is 5.15 Å². The maximum absolute atomic E-state index is 5.73. The summed E-state index contributed by atoms with van der Waals surface area (Å²) in [5.41, 5.74) is 2.33. The van der Waals surface area contributed by atoms with Crippen molar-refractivity contribution < 1.29 is 0 Å². The second-order valence-electron chi connectivity index (χ2n) is 4.36. The van der Waals surface area contributed by atoms with E-state index in [2.05, 4.69) is 20.7 Å². The van der Waals surface area contributed by atoms with Crippen molar-refractivity contribution in [3.8, 4) is 0 Å². The van der Waals surface area contributed by atoms with Crippen LogP contribution in [0.25, 0.3) is 0 Å². The lowest BCUT2D eigenvalue weighted by molar-refractivity contribution is 0.610. The van der Waals surface area contributed by atoms with Crippen molar-refractivity contribution >= 4 is 11.6 Å². The minimum Gasteiger partial charge on any atom is -0.311 e. The minimum atomic E-state index is 0.530. The standard InChI is InChI=1S/C13H18ClN5/c1-19-10-12(9-18-19)7-16-5-4-15-6-11-2-3-13(14)17-8-11/h2-3,8-10,15-16H,4-7H2,1H3. The summed E-state index contributed by atoms with van der Waals surface area (Å²) in [6, 6.07) is 3.78. The molecule has 2 aromatic rings. The summed E-state index contributed by atoms with van der Waals surface area (Å²) in [6.45, 7) is 3.47. The van der Waals surface area contributed by atoms with E-state index in [1.807, 2.05) is 30.2 Å². The smallest absolute Gasteiger partial charge is 0.129 e. The fourth-order valence-corrected chi connectivity index (χ4v) is 1.83. The van der Waals surface area contributed by atoms with Gasteiger partial charge in [-0.1, -0.05) is 17.7 Å². The normalized spacial score (nSPS) is 10.8. The predicted molar refractivity (Wildman–Crippen MR) is 75.9 cm³/mol. The zero-order valence-corrected chi connectivity index (χ0v) is 11.7. The van der Waals surface area contributed by atoms with E-state index in [1.165, 1.54) is 5.56 Å². The van der Waals surface area contributed by atoms with Crippen LogP contribution in [0.3, 0.4) is 0 Å². The van der Waals surface area contributed by atoms with Crippen LogP contribution in [0.15, 0.2) is 30.7 Å². The summed E-state index contributed by atoms with van der Waals surface area (Å²) in [4.78, 5) is 4.04. The Kier molecular flexibility index (Phi) is 5.32. The van der Waals surface area contributed by atoms with Crippen molar-refractivity contribution in [3.05, 3.63) is 47.0 Å². The molecule has 0 aromatic carbocycles. The Balaban J connectivity index is 1.56. The second kappa shape index (κ2) is 7.23. The first-order chi connectivity index (χ1) is 9.24. The van der Waals surface area contributed by atoms with Crippen molar-refractivity contribution in [3.63, 3.8) is 0 Å². The van der Waals surface area contributed by atoms with Crippen LogP contribution in [-0.4, -0.2) is 27.9 Å². The third-order valence-electron chi connectivity index (χ3n) is 2.68. The van der Waals surface area contributed by atoms with Gasteiger partial charge in [-0.05, 0) is 11.6 Å². The quantitative estimate of drug-likeness (QED) is 0.593. The van der Waals surface area contributed by atoms with Crippen LogP contribution in [0, 0.1) is 0 Å². The molecule has 0 fully saturated rings. The number of nitrogens with zero attached hydrogens (tertiary/aromatic N) is 3. The second-order valence-corrected chi connectivity index (χ2v) is 4.75. The molecule has 0 saturated carbocycles. The Hall–Kier alpha value is -1.43. The van der Waals surface area contributed by atoms with Crippen LogP contribution in [-0.2, 0) is 20.1 Å². The number of pyridine rings is 1. The largest absolute Gasteiger partial charge is 0.311 e. The van der Waals surface area contributed by atoms with Gasteiger partial charge in [-0.15, -0.1) is 0 Å². The van der Waals surface area contributed by atoms with Crippen molar-refractivity contribution in [2.75, 3.05) is 13.1 Å². The number of aromatic nitrogens is 3. The van der Waals surface area contributed by atoms with Crippen molar-refractivity contribution in [2.24, 2.45) is 7.05 Å². The van der Waals surface area contributed by atoms with E-state index in [0.717, 1.165) is 31.7 Å². The molecule has 0 bridgehead atoms. The zero-order chi connectivity index (χ0) is 13.5. The minimum absolute atomic E-state index is 0.530. The van der Waals surface area contributed by atoms with E-state index in [0.29, 0.717) is 5.15 Å². The number of nitrogens with one attached hydrogen (secondary N) is 2. The van der Waals surface area contributed by atoms with Gasteiger partial charge >= 0.3 is 0 Å². The Morgan fingerprint density at radius 2 is 1.84 bits per heavy atom. The summed E-state index contributed by atoms with van der Waals surface area (Å²) in [5.74, 6) is 0. The molecule has 0 saturated heterocycles. The molecule has 0 aliphatic rings. The first kappa shape index (κ1) is 14.0. The van der Waals surface area contributed by atoms with Gasteiger partial charge in [0.05, 0.1) is 6.20 Å². The highest BCUT2D eigenvalue weighted by Crippen LogP contribution is 2.04. The molecular formula is C13H18ClN5. The number of hydrogen-bond acceptors (Lipinski definition) is 4. The molecule has 0 unspecified atom stereocenters. The number of rotatable bonds is 7. The first-order valence-electron chi connectivity index (χ1n) is 6.23. The molecule has 19 heavy (non-hydrogen) atoms. The maximum Gasteiger partial charge on any atom is 0.129 e. The molecule has 2 heterocycles. The van der Waals surface area contributed by atoms with Gasteiger partial charge in [-0.25, -0.2) is 4.98 Å². The van der Waals surface area contributed by atoms with Crippen LogP contribution in [0.1, 0.15) is 11.1 Å². The van der Waals surface area contributed by atoms with Gasteiger partial charge in [-0.2, -0.15) is 5.10 Å². The average molecular weight is 280 g/mol. The monoisotopic (exact) mass is 279 g/mol. The van der Waals surface area contributed by atoms with Crippen LogP contribution in [0.5, 0.6) is 0 Å². The van der Waals surface area contributed by atoms with Crippen LogP contribution < -0.4 is 10.6 Å². The highest BCUT2D eigenvalue weighted by Gasteiger charge is 1.96. The fourth-order valence-electron chi connectivity index (χ4n) is 1.72. The molecule has 2 N–H and O–H groups in total. The third kappa shape index (κ3) is 4.98. The third-order valence-corrected chi connectivity index (χ3v) is 2.91. The number of halogens is 1. The SMILES string of the molecule is Cn1cc(CNCCNCc2ccc(Cl)nc2)cn1. The summed E-state index contributed by atoms with van der Waals surface area (Å²) < 4.78 is 1.81. The van der Waals surface area contributed by atoms with E-state index in [1.54, 1.807) is 12.3 Å². The lowest BCUT2D eigenvalue weighted by Crippen LogP contribution is -2.26. The molecular weight excluding hydrogens is 262 g/mol. The predicted octanol–water partition coefficient (Wildman–Crippen LogP) is 1.35. The van der Waals surface area contributed by atoms with Crippen molar-refractivity contribution in [1.29, 1.82) is 0 Å². The molecule has 5 nitrogen and oxygen atoms in total. The van der Waals surface area contributed by atoms with Gasteiger partial charge in [0.25, 0.3) is 0 Å². The Morgan fingerprint density at radius 3 is 2.42 bits per heavy atom. The topological polar surface area (TPSA) is 54.8 Å². The maximum atomic E-state index is 5.73. The van der Waals surface area contributed by atoms with Gasteiger partial charge in [0, 0.05) is 51.2 Å². The average Bonchev–Trinajstić information content (AvgIpc) is 2.81. The molecule has 0 aliphatic carbocycles. The first-order valence-corrected chi connectivity index (χ1v) is 6.61. The molecule has 6 heteroatoms. The molecule has 0 radical (unpaired) electrons. The zero-order valence-electron chi connectivity index (χ0n) is 10.9. The highest BCUT2D eigenvalue weighted by atomic mass is 35.5. The lowest BCUT2D eigenvalue weighted by Gasteiger charge is -2.05. The molecule has 0 aliphatic heterocycles. The van der Waals surface area contributed by atoms with E-state index in [9.17, 15) is 0 Å². The van der Waals surface area contributed by atoms with Gasteiger partial charge in [0.2, 0.25) is 0 Å². The van der Waals surface area contributed by atoms with Gasteiger partial charge < -0.3 is 10.6 Å². The van der Waals surface area contributed by atoms with Crippen LogP contribution >= 0.6 is 11.6 Å². The molecule has 0 spiro atoms. The Morgan fingerprint density at radius 1 is 1.11 bits per heavy atom. The Bertz CT molecular complexity index is 494. The van der Waals surface area contributed by atoms with E-state index < -0.39 is 0 Å². The van der Waals surface area contributed by atoms with Gasteiger partial charge in [0.15, 0.2) is 0 Å². The molecule has 102 valence electrons. The fraction of sp³-hybridized carbons (Fsp3) is 0.385. The summed E-state index contributed by atoms with van der Waals surface area (Å²) in [5, 5.41) is 11.4. The molecule has 0 amide bonds. The number of hydrogen-bond donors (Lipinski definition) is 2. The van der Waals surface area contributed by atoms with Crippen molar-refractivity contribution in [2.45, 2.75) is 13.1 Å². The molecule has 0 atom stereocenters. The van der Waals surface area contributed by atoms with Gasteiger partial charge in [-0.3, -0.25) is 4.68 Å². The summed E-state index contributed by atoms with van der Waals surface area (Å²) in [6.07, 6.45) is 5.68.